The summed E-state index contributed by atoms with van der Waals surface area (Å²) in [4.78, 5) is 19.4. The fourth-order valence-electron chi connectivity index (χ4n) is 2.95. The number of nitrogens with zero attached hydrogens (tertiary/aromatic N) is 4. The van der Waals surface area contributed by atoms with Gasteiger partial charge in [0.2, 0.25) is 0 Å². The number of carbonyl (C=O) groups is 1. The zero-order valence-corrected chi connectivity index (χ0v) is 17.6. The normalized spacial score (nSPS) is 10.9. The smallest absolute Gasteiger partial charge is 0.266 e. The van der Waals surface area contributed by atoms with Crippen molar-refractivity contribution in [2.24, 2.45) is 0 Å². The van der Waals surface area contributed by atoms with E-state index < -0.39 is 0 Å². The van der Waals surface area contributed by atoms with Crippen molar-refractivity contribution in [2.75, 3.05) is 25.2 Å². The molecule has 0 atom stereocenters. The molecule has 30 heavy (non-hydrogen) atoms. The fraction of sp³-hybridized carbons (Fsp3) is 0.227. The van der Waals surface area contributed by atoms with Gasteiger partial charge in [0.1, 0.15) is 11.5 Å². The van der Waals surface area contributed by atoms with E-state index in [1.165, 1.54) is 11.3 Å². The number of amides is 1. The zero-order valence-electron chi connectivity index (χ0n) is 16.8. The number of rotatable bonds is 8. The van der Waals surface area contributed by atoms with E-state index in [2.05, 4.69) is 10.1 Å². The van der Waals surface area contributed by atoms with E-state index in [0.717, 1.165) is 21.5 Å². The highest BCUT2D eigenvalue weighted by Gasteiger charge is 2.21. The maximum absolute atomic E-state index is 13.1. The van der Waals surface area contributed by atoms with Crippen LogP contribution in [0.4, 0.5) is 5.13 Å². The van der Waals surface area contributed by atoms with Crippen molar-refractivity contribution in [3.05, 3.63) is 66.5 Å². The Bertz CT molecular complexity index is 1120. The molecule has 0 aliphatic carbocycles. The first-order chi connectivity index (χ1) is 14.6. The second-order valence-corrected chi connectivity index (χ2v) is 7.76. The molecule has 0 unspecified atom stereocenters. The van der Waals surface area contributed by atoms with Crippen LogP contribution in [0, 0.1) is 6.92 Å². The molecule has 2 aromatic carbocycles. The molecule has 8 heteroatoms. The average Bonchev–Trinajstić information content (AvgIpc) is 3.42. The minimum Gasteiger partial charge on any atom is -0.497 e. The first-order valence-electron chi connectivity index (χ1n) is 9.54. The molecule has 0 spiro atoms. The Labute approximate surface area is 178 Å². The van der Waals surface area contributed by atoms with E-state index in [9.17, 15) is 4.79 Å². The van der Waals surface area contributed by atoms with Crippen molar-refractivity contribution in [3.8, 4) is 11.5 Å². The van der Waals surface area contributed by atoms with Gasteiger partial charge in [0.25, 0.3) is 5.91 Å². The summed E-state index contributed by atoms with van der Waals surface area (Å²) < 4.78 is 13.8. The van der Waals surface area contributed by atoms with Gasteiger partial charge in [0, 0.05) is 18.9 Å². The molecule has 0 bridgehead atoms. The number of carbonyl (C=O) groups excluding carboxylic acids is 1. The van der Waals surface area contributed by atoms with Crippen LogP contribution in [0.3, 0.4) is 0 Å². The van der Waals surface area contributed by atoms with Crippen molar-refractivity contribution < 1.29 is 14.3 Å². The molecule has 0 N–H and O–H groups in total. The second kappa shape index (κ2) is 8.96. The lowest BCUT2D eigenvalue weighted by atomic mass is 10.2. The lowest BCUT2D eigenvalue weighted by molar-refractivity contribution is -0.120. The Balaban J connectivity index is 1.55. The molecule has 4 rings (SSSR count). The minimum atomic E-state index is -0.159. The van der Waals surface area contributed by atoms with Gasteiger partial charge in [-0.15, -0.1) is 0 Å². The summed E-state index contributed by atoms with van der Waals surface area (Å²) in [5.41, 5.74) is 1.96. The van der Waals surface area contributed by atoms with Crippen LogP contribution in [0.2, 0.25) is 0 Å². The molecule has 2 aromatic heterocycles. The van der Waals surface area contributed by atoms with Crippen molar-refractivity contribution in [1.82, 2.24) is 14.8 Å². The van der Waals surface area contributed by atoms with Crippen LogP contribution in [0.15, 0.2) is 60.9 Å². The van der Waals surface area contributed by atoms with E-state index in [1.54, 1.807) is 22.9 Å². The number of ether oxygens (including phenoxy) is 2. The highest BCUT2D eigenvalue weighted by Crippen LogP contribution is 2.31. The van der Waals surface area contributed by atoms with E-state index in [0.29, 0.717) is 24.0 Å². The maximum atomic E-state index is 13.1. The molecule has 0 saturated heterocycles. The predicted molar refractivity (Wildman–Crippen MR) is 117 cm³/mol. The van der Waals surface area contributed by atoms with Crippen molar-refractivity contribution in [2.45, 2.75) is 13.5 Å². The third-order valence-corrected chi connectivity index (χ3v) is 5.65. The standard InChI is InChI=1S/C22H22N4O3S/c1-16-4-6-17(7-5-16)29-15-21(27)26(13-12-25-11-3-10-23-25)22-24-19-9-8-18(28-2)14-20(19)30-22/h3-11,14H,12-13,15H2,1-2H3. The molecule has 0 aliphatic heterocycles. The summed E-state index contributed by atoms with van der Waals surface area (Å²) >= 11 is 1.45. The second-order valence-electron chi connectivity index (χ2n) is 6.75. The third-order valence-electron chi connectivity index (χ3n) is 4.61. The Morgan fingerprint density at radius 3 is 2.70 bits per heavy atom. The Morgan fingerprint density at radius 2 is 1.97 bits per heavy atom. The molecular formula is C22H22N4O3S. The van der Waals surface area contributed by atoms with Gasteiger partial charge in [-0.3, -0.25) is 14.4 Å². The van der Waals surface area contributed by atoms with E-state index >= 15 is 0 Å². The zero-order chi connectivity index (χ0) is 20.9. The molecule has 154 valence electrons. The van der Waals surface area contributed by atoms with Gasteiger partial charge in [0.05, 0.1) is 23.9 Å². The Hall–Kier alpha value is -3.39. The van der Waals surface area contributed by atoms with Gasteiger partial charge >= 0.3 is 0 Å². The molecule has 0 radical (unpaired) electrons. The van der Waals surface area contributed by atoms with Gasteiger partial charge in [-0.2, -0.15) is 5.10 Å². The van der Waals surface area contributed by atoms with Crippen LogP contribution >= 0.6 is 11.3 Å². The van der Waals surface area contributed by atoms with Gasteiger partial charge in [-0.1, -0.05) is 29.0 Å². The van der Waals surface area contributed by atoms with Crippen LogP contribution < -0.4 is 14.4 Å². The van der Waals surface area contributed by atoms with Crippen LogP contribution in [0.5, 0.6) is 11.5 Å². The van der Waals surface area contributed by atoms with E-state index in [1.807, 2.05) is 61.7 Å². The molecule has 0 fully saturated rings. The maximum Gasteiger partial charge on any atom is 0.266 e. The summed E-state index contributed by atoms with van der Waals surface area (Å²) in [6.07, 6.45) is 3.59. The monoisotopic (exact) mass is 422 g/mol. The largest absolute Gasteiger partial charge is 0.497 e. The van der Waals surface area contributed by atoms with Crippen molar-refractivity contribution >= 4 is 32.6 Å². The van der Waals surface area contributed by atoms with Crippen molar-refractivity contribution in [3.63, 3.8) is 0 Å². The predicted octanol–water partition coefficient (Wildman–Crippen LogP) is 3.92. The number of aryl methyl sites for hydroxylation is 1. The van der Waals surface area contributed by atoms with Crippen molar-refractivity contribution in [1.29, 1.82) is 0 Å². The fourth-order valence-corrected chi connectivity index (χ4v) is 3.99. The SMILES string of the molecule is COc1ccc2nc(N(CCn3cccn3)C(=O)COc3ccc(C)cc3)sc2c1. The number of anilines is 1. The van der Waals surface area contributed by atoms with Gasteiger partial charge in [-0.05, 0) is 43.3 Å². The molecule has 7 nitrogen and oxygen atoms in total. The van der Waals surface area contributed by atoms with E-state index in [-0.39, 0.29) is 12.5 Å². The van der Waals surface area contributed by atoms with Crippen LogP contribution in [0.25, 0.3) is 10.2 Å². The summed E-state index contributed by atoms with van der Waals surface area (Å²) in [6, 6.07) is 15.2. The summed E-state index contributed by atoms with van der Waals surface area (Å²) in [6.45, 7) is 2.94. The lowest BCUT2D eigenvalue weighted by Crippen LogP contribution is -2.37. The van der Waals surface area contributed by atoms with Gasteiger partial charge in [-0.25, -0.2) is 4.98 Å². The van der Waals surface area contributed by atoms with Gasteiger partial charge < -0.3 is 9.47 Å². The topological polar surface area (TPSA) is 69.5 Å². The number of methoxy groups -OCH3 is 1. The summed E-state index contributed by atoms with van der Waals surface area (Å²) in [5, 5.41) is 4.85. The molecular weight excluding hydrogens is 400 g/mol. The highest BCUT2D eigenvalue weighted by molar-refractivity contribution is 7.22. The Kier molecular flexibility index (Phi) is 5.94. The number of fused-ring (bicyclic) bond motifs is 1. The van der Waals surface area contributed by atoms with E-state index in [4.69, 9.17) is 9.47 Å². The van der Waals surface area contributed by atoms with Crippen LogP contribution in [-0.4, -0.2) is 40.9 Å². The molecule has 0 saturated carbocycles. The number of hydrogen-bond acceptors (Lipinski definition) is 6. The number of thiazole rings is 1. The molecule has 4 aromatic rings. The third kappa shape index (κ3) is 4.60. The molecule has 1 amide bonds. The van der Waals surface area contributed by atoms with Crippen LogP contribution in [0.1, 0.15) is 5.56 Å². The lowest BCUT2D eigenvalue weighted by Gasteiger charge is -2.20. The van der Waals surface area contributed by atoms with Gasteiger partial charge in [0.15, 0.2) is 11.7 Å². The first-order valence-corrected chi connectivity index (χ1v) is 10.4. The summed E-state index contributed by atoms with van der Waals surface area (Å²) in [5.74, 6) is 1.26. The number of benzene rings is 2. The highest BCUT2D eigenvalue weighted by atomic mass is 32.1. The number of hydrogen-bond donors (Lipinski definition) is 0. The molecule has 2 heterocycles. The average molecular weight is 423 g/mol. The minimum absolute atomic E-state index is 0.0680. The quantitative estimate of drug-likeness (QED) is 0.430. The first kappa shape index (κ1) is 19.9. The Morgan fingerprint density at radius 1 is 1.17 bits per heavy atom. The summed E-state index contributed by atoms with van der Waals surface area (Å²) in [7, 11) is 1.63. The number of aromatic nitrogens is 3. The van der Waals surface area contributed by atoms with Crippen LogP contribution in [-0.2, 0) is 11.3 Å². The molecule has 0 aliphatic rings.